The lowest BCUT2D eigenvalue weighted by Gasteiger charge is -2.43. The number of carbonyl (C=O) groups is 4. The van der Waals surface area contributed by atoms with Crippen LogP contribution >= 0.6 is 0 Å². The average Bonchev–Trinajstić information content (AvgIpc) is 3.02. The molecule has 4 amide bonds. The van der Waals surface area contributed by atoms with Gasteiger partial charge in [-0.25, -0.2) is 0 Å². The Labute approximate surface area is 181 Å². The molecule has 1 aromatic rings. The second-order valence-corrected chi connectivity index (χ2v) is 9.34. The lowest BCUT2D eigenvalue weighted by molar-refractivity contribution is -0.136. The van der Waals surface area contributed by atoms with Crippen LogP contribution in [0.5, 0.6) is 0 Å². The summed E-state index contributed by atoms with van der Waals surface area (Å²) in [4.78, 5) is 51.0. The van der Waals surface area contributed by atoms with Gasteiger partial charge in [0.15, 0.2) is 0 Å². The van der Waals surface area contributed by atoms with Gasteiger partial charge in [-0.1, -0.05) is 6.07 Å². The molecule has 1 aliphatic carbocycles. The second-order valence-electron chi connectivity index (χ2n) is 9.34. The van der Waals surface area contributed by atoms with E-state index in [9.17, 15) is 19.2 Å². The quantitative estimate of drug-likeness (QED) is 0.639. The minimum atomic E-state index is -0.938. The molecule has 3 aliphatic heterocycles. The minimum absolute atomic E-state index is 0.119. The van der Waals surface area contributed by atoms with E-state index in [0.717, 1.165) is 30.8 Å². The molecule has 3 heterocycles. The molecule has 31 heavy (non-hydrogen) atoms. The van der Waals surface area contributed by atoms with Crippen LogP contribution in [0.1, 0.15) is 72.1 Å². The number of anilines is 1. The first-order chi connectivity index (χ1) is 15.0. The van der Waals surface area contributed by atoms with Crippen LogP contribution in [0.4, 0.5) is 5.69 Å². The van der Waals surface area contributed by atoms with Gasteiger partial charge >= 0.3 is 0 Å². The maximum atomic E-state index is 13.2. The molecule has 0 radical (unpaired) electrons. The summed E-state index contributed by atoms with van der Waals surface area (Å²) in [5.74, 6) is -1.87. The molecule has 1 aromatic carbocycles. The van der Waals surface area contributed by atoms with Crippen LogP contribution in [0, 0.1) is 5.41 Å². The highest BCUT2D eigenvalue weighted by Gasteiger charge is 2.46. The number of hydrogen-bond donors (Lipinski definition) is 3. The van der Waals surface area contributed by atoms with Gasteiger partial charge in [-0.15, -0.1) is 0 Å². The van der Waals surface area contributed by atoms with E-state index in [2.05, 4.69) is 16.0 Å². The number of nitrogens with zero attached hydrogens (tertiary/aromatic N) is 1. The molecule has 0 bridgehead atoms. The standard InChI is InChI=1S/C23H28N4O4/c28-18-5-4-17(20(29)26-18)27-21(30)15-2-1-3-16(19(15)22(27)31)25-14-6-8-23(9-7-14)10-12-24-13-11-23/h1-3,14,17,24-25H,4-13H2,(H,26,28,29). The molecular weight excluding hydrogens is 396 g/mol. The van der Waals surface area contributed by atoms with Crippen molar-refractivity contribution in [2.75, 3.05) is 18.4 Å². The lowest BCUT2D eigenvalue weighted by atomic mass is 9.67. The minimum Gasteiger partial charge on any atom is -0.382 e. The largest absolute Gasteiger partial charge is 0.382 e. The number of hydrogen-bond acceptors (Lipinski definition) is 6. The highest BCUT2D eigenvalue weighted by molar-refractivity contribution is 6.25. The smallest absolute Gasteiger partial charge is 0.264 e. The molecule has 3 N–H and O–H groups in total. The number of carbonyl (C=O) groups excluding carboxylic acids is 4. The van der Waals surface area contributed by atoms with Crippen molar-refractivity contribution in [3.63, 3.8) is 0 Å². The Balaban J connectivity index is 1.33. The molecule has 2 saturated heterocycles. The third kappa shape index (κ3) is 3.52. The summed E-state index contributed by atoms with van der Waals surface area (Å²) >= 11 is 0. The third-order valence-electron chi connectivity index (χ3n) is 7.54. The lowest BCUT2D eigenvalue weighted by Crippen LogP contribution is -2.54. The normalized spacial score (nSPS) is 26.2. The number of piperidine rings is 2. The molecule has 4 aliphatic rings. The van der Waals surface area contributed by atoms with Gasteiger partial charge in [0.1, 0.15) is 6.04 Å². The number of imide groups is 2. The first kappa shape index (κ1) is 20.2. The Morgan fingerprint density at radius 3 is 2.39 bits per heavy atom. The van der Waals surface area contributed by atoms with Gasteiger partial charge in [0, 0.05) is 18.2 Å². The molecule has 164 valence electrons. The van der Waals surface area contributed by atoms with Gasteiger partial charge in [-0.2, -0.15) is 0 Å². The molecule has 1 saturated carbocycles. The second kappa shape index (κ2) is 7.75. The molecule has 8 nitrogen and oxygen atoms in total. The van der Waals surface area contributed by atoms with Crippen molar-refractivity contribution < 1.29 is 19.2 Å². The van der Waals surface area contributed by atoms with Crippen LogP contribution < -0.4 is 16.0 Å². The van der Waals surface area contributed by atoms with Crippen molar-refractivity contribution in [3.05, 3.63) is 29.3 Å². The summed E-state index contributed by atoms with van der Waals surface area (Å²) in [7, 11) is 0. The number of benzene rings is 1. The van der Waals surface area contributed by atoms with E-state index in [1.54, 1.807) is 12.1 Å². The third-order valence-corrected chi connectivity index (χ3v) is 7.54. The zero-order valence-electron chi connectivity index (χ0n) is 17.5. The van der Waals surface area contributed by atoms with Crippen LogP contribution in [0.3, 0.4) is 0 Å². The molecule has 1 unspecified atom stereocenters. The average molecular weight is 425 g/mol. The molecule has 0 aromatic heterocycles. The van der Waals surface area contributed by atoms with Crippen molar-refractivity contribution in [1.29, 1.82) is 0 Å². The Morgan fingerprint density at radius 1 is 0.935 bits per heavy atom. The van der Waals surface area contributed by atoms with Crippen molar-refractivity contribution in [3.8, 4) is 0 Å². The van der Waals surface area contributed by atoms with Gasteiger partial charge in [0.2, 0.25) is 11.8 Å². The van der Waals surface area contributed by atoms with Crippen LogP contribution in [0.2, 0.25) is 0 Å². The van der Waals surface area contributed by atoms with Gasteiger partial charge in [-0.05, 0) is 75.6 Å². The molecular formula is C23H28N4O4. The maximum Gasteiger partial charge on any atom is 0.264 e. The molecule has 8 heteroatoms. The van der Waals surface area contributed by atoms with E-state index in [4.69, 9.17) is 0 Å². The summed E-state index contributed by atoms with van der Waals surface area (Å²) in [6.07, 6.45) is 7.19. The van der Waals surface area contributed by atoms with E-state index >= 15 is 0 Å². The first-order valence-electron chi connectivity index (χ1n) is 11.3. The molecule has 1 spiro atoms. The van der Waals surface area contributed by atoms with Crippen LogP contribution in [0.25, 0.3) is 0 Å². The van der Waals surface area contributed by atoms with Gasteiger partial charge < -0.3 is 10.6 Å². The van der Waals surface area contributed by atoms with Crippen LogP contribution in [-0.2, 0) is 9.59 Å². The van der Waals surface area contributed by atoms with E-state index in [-0.39, 0.29) is 24.8 Å². The van der Waals surface area contributed by atoms with E-state index in [0.29, 0.717) is 22.2 Å². The van der Waals surface area contributed by atoms with Crippen molar-refractivity contribution in [2.24, 2.45) is 5.41 Å². The van der Waals surface area contributed by atoms with E-state index in [1.165, 1.54) is 25.7 Å². The van der Waals surface area contributed by atoms with Gasteiger partial charge in [-0.3, -0.25) is 29.4 Å². The first-order valence-corrected chi connectivity index (χ1v) is 11.3. The Hall–Kier alpha value is -2.74. The molecule has 5 rings (SSSR count). The zero-order valence-corrected chi connectivity index (χ0v) is 17.5. The summed E-state index contributed by atoms with van der Waals surface area (Å²) in [6, 6.07) is 4.58. The van der Waals surface area contributed by atoms with Gasteiger partial charge in [0.25, 0.3) is 11.8 Å². The highest BCUT2D eigenvalue weighted by Crippen LogP contribution is 2.44. The number of amides is 4. The number of nitrogens with one attached hydrogen (secondary N) is 3. The topological polar surface area (TPSA) is 108 Å². The highest BCUT2D eigenvalue weighted by atomic mass is 16.2. The van der Waals surface area contributed by atoms with Crippen molar-refractivity contribution in [1.82, 2.24) is 15.5 Å². The zero-order chi connectivity index (χ0) is 21.6. The molecule has 3 fully saturated rings. The Kier molecular flexibility index (Phi) is 5.04. The predicted octanol–water partition coefficient (Wildman–Crippen LogP) is 1.81. The molecule has 1 atom stereocenters. The predicted molar refractivity (Wildman–Crippen MR) is 114 cm³/mol. The van der Waals surface area contributed by atoms with Crippen molar-refractivity contribution in [2.45, 2.75) is 63.5 Å². The van der Waals surface area contributed by atoms with Gasteiger partial charge in [0.05, 0.1) is 11.1 Å². The van der Waals surface area contributed by atoms with E-state index in [1.807, 2.05) is 6.07 Å². The Morgan fingerprint density at radius 2 is 1.68 bits per heavy atom. The SMILES string of the molecule is O=C1CCC(N2C(=O)c3cccc(NC4CCC5(CCNCC5)CC4)c3C2=O)C(=O)N1. The summed E-state index contributed by atoms with van der Waals surface area (Å²) in [6.45, 7) is 2.19. The monoisotopic (exact) mass is 424 g/mol. The summed E-state index contributed by atoms with van der Waals surface area (Å²) in [5, 5.41) is 9.21. The van der Waals surface area contributed by atoms with Crippen molar-refractivity contribution >= 4 is 29.3 Å². The van der Waals surface area contributed by atoms with E-state index < -0.39 is 23.8 Å². The Bertz CT molecular complexity index is 943. The van der Waals surface area contributed by atoms with Crippen LogP contribution in [-0.4, -0.2) is 53.7 Å². The number of rotatable bonds is 3. The fourth-order valence-corrected chi connectivity index (χ4v) is 5.69. The van der Waals surface area contributed by atoms with Crippen LogP contribution in [0.15, 0.2) is 18.2 Å². The number of fused-ring (bicyclic) bond motifs is 1. The summed E-state index contributed by atoms with van der Waals surface area (Å²) < 4.78 is 0. The fraction of sp³-hybridized carbons (Fsp3) is 0.565. The fourth-order valence-electron chi connectivity index (χ4n) is 5.69. The maximum absolute atomic E-state index is 13.2. The summed E-state index contributed by atoms with van der Waals surface area (Å²) in [5.41, 5.74) is 1.79.